The topological polar surface area (TPSA) is 72.3 Å². The minimum atomic E-state index is -2.97. The summed E-state index contributed by atoms with van der Waals surface area (Å²) in [6, 6.07) is -0.140. The molecule has 2 fully saturated rings. The molecule has 0 bridgehead atoms. The van der Waals surface area contributed by atoms with E-state index in [9.17, 15) is 13.2 Å². The number of hydrogen-bond acceptors (Lipinski definition) is 5. The number of aryl methyl sites for hydroxylation is 1. The molecule has 116 valence electrons. The Labute approximate surface area is 125 Å². The molecule has 2 saturated heterocycles. The largest absolute Gasteiger partial charge is 0.356 e. The van der Waals surface area contributed by atoms with Gasteiger partial charge < -0.3 is 4.90 Å². The molecule has 2 aliphatic rings. The Bertz CT molecular complexity index is 645. The van der Waals surface area contributed by atoms with Crippen LogP contribution in [-0.4, -0.2) is 49.1 Å². The van der Waals surface area contributed by atoms with Gasteiger partial charge in [0.25, 0.3) is 0 Å². The van der Waals surface area contributed by atoms with E-state index in [1.54, 1.807) is 4.68 Å². The van der Waals surface area contributed by atoms with E-state index in [1.807, 2.05) is 6.92 Å². The van der Waals surface area contributed by atoms with Crippen LogP contribution in [0.2, 0.25) is 0 Å². The summed E-state index contributed by atoms with van der Waals surface area (Å²) in [5.41, 5.74) is 1.30. The lowest BCUT2D eigenvalue weighted by Crippen LogP contribution is -2.33. The van der Waals surface area contributed by atoms with E-state index in [4.69, 9.17) is 0 Å². The number of hydrogen-bond donors (Lipinski definition) is 0. The van der Waals surface area contributed by atoms with E-state index in [1.165, 1.54) is 6.42 Å². The van der Waals surface area contributed by atoms with Crippen molar-refractivity contribution >= 4 is 21.9 Å². The number of carbonyl (C=O) groups is 1. The molecule has 3 rings (SSSR count). The smallest absolute Gasteiger partial charge is 0.155 e. The van der Waals surface area contributed by atoms with Gasteiger partial charge in [0.15, 0.2) is 16.1 Å². The first-order valence-electron chi connectivity index (χ1n) is 7.51. The van der Waals surface area contributed by atoms with Gasteiger partial charge in [-0.1, -0.05) is 0 Å². The molecule has 0 N–H and O–H groups in total. The fourth-order valence-electron chi connectivity index (χ4n) is 3.33. The van der Waals surface area contributed by atoms with Crippen LogP contribution in [-0.2, 0) is 9.84 Å². The number of aromatic nitrogens is 2. The number of piperidine rings is 1. The van der Waals surface area contributed by atoms with E-state index in [0.717, 1.165) is 38.0 Å². The maximum atomic E-state index is 11.7. The average molecular weight is 311 g/mol. The maximum Gasteiger partial charge on any atom is 0.155 e. The van der Waals surface area contributed by atoms with Crippen molar-refractivity contribution in [2.24, 2.45) is 0 Å². The van der Waals surface area contributed by atoms with Crippen LogP contribution in [0, 0.1) is 6.92 Å². The van der Waals surface area contributed by atoms with Gasteiger partial charge in [-0.3, -0.25) is 4.79 Å². The van der Waals surface area contributed by atoms with Gasteiger partial charge in [0.05, 0.1) is 28.8 Å². The van der Waals surface area contributed by atoms with Crippen molar-refractivity contribution in [3.63, 3.8) is 0 Å². The second kappa shape index (κ2) is 5.44. The first-order chi connectivity index (χ1) is 10.0. The third-order valence-corrected chi connectivity index (χ3v) is 6.18. The Hall–Kier alpha value is -1.37. The average Bonchev–Trinajstić information content (AvgIpc) is 2.99. The van der Waals surface area contributed by atoms with E-state index in [0.29, 0.717) is 17.7 Å². The zero-order chi connectivity index (χ0) is 15.0. The molecule has 1 aromatic rings. The van der Waals surface area contributed by atoms with E-state index in [2.05, 4.69) is 10.00 Å². The molecular weight excluding hydrogens is 290 g/mol. The number of sulfone groups is 1. The summed E-state index contributed by atoms with van der Waals surface area (Å²) < 4.78 is 25.3. The molecule has 0 aliphatic carbocycles. The summed E-state index contributed by atoms with van der Waals surface area (Å²) in [4.78, 5) is 13.6. The van der Waals surface area contributed by atoms with Gasteiger partial charge in [0.1, 0.15) is 5.82 Å². The summed E-state index contributed by atoms with van der Waals surface area (Å²) in [7, 11) is -2.97. The van der Waals surface area contributed by atoms with Crippen LogP contribution >= 0.6 is 0 Å². The molecule has 0 unspecified atom stereocenters. The standard InChI is InChI=1S/C14H21N3O3S/c1-11-13(9-18)14(16-6-3-2-4-7-16)17(15-11)12-5-8-21(19,20)10-12/h9,12H,2-8,10H2,1H3/t12-/m1/s1. The molecule has 7 heteroatoms. The fourth-order valence-corrected chi connectivity index (χ4v) is 5.02. The number of rotatable bonds is 3. The van der Waals surface area contributed by atoms with E-state index in [-0.39, 0.29) is 17.5 Å². The third kappa shape index (κ3) is 2.71. The molecule has 2 aliphatic heterocycles. The Morgan fingerprint density at radius 2 is 1.95 bits per heavy atom. The minimum Gasteiger partial charge on any atom is -0.356 e. The second-order valence-corrected chi connectivity index (χ2v) is 8.22. The van der Waals surface area contributed by atoms with Gasteiger partial charge in [-0.15, -0.1) is 0 Å². The van der Waals surface area contributed by atoms with Crippen LogP contribution in [0.4, 0.5) is 5.82 Å². The normalized spacial score (nSPS) is 25.2. The summed E-state index contributed by atoms with van der Waals surface area (Å²) in [6.07, 6.45) is 4.85. The number of nitrogens with zero attached hydrogens (tertiary/aromatic N) is 3. The molecule has 1 aromatic heterocycles. The van der Waals surface area contributed by atoms with Crippen molar-refractivity contribution in [3.8, 4) is 0 Å². The van der Waals surface area contributed by atoms with Crippen molar-refractivity contribution in [3.05, 3.63) is 11.3 Å². The highest BCUT2D eigenvalue weighted by atomic mass is 32.2. The molecule has 0 spiro atoms. The Morgan fingerprint density at radius 3 is 2.52 bits per heavy atom. The van der Waals surface area contributed by atoms with Crippen molar-refractivity contribution in [2.75, 3.05) is 29.5 Å². The van der Waals surface area contributed by atoms with Crippen molar-refractivity contribution < 1.29 is 13.2 Å². The molecule has 21 heavy (non-hydrogen) atoms. The van der Waals surface area contributed by atoms with Crippen LogP contribution < -0.4 is 4.90 Å². The Kier molecular flexibility index (Phi) is 3.77. The van der Waals surface area contributed by atoms with Crippen LogP contribution in [0.25, 0.3) is 0 Å². The van der Waals surface area contributed by atoms with Crippen molar-refractivity contribution in [1.29, 1.82) is 0 Å². The first kappa shape index (κ1) is 14.6. The molecule has 0 amide bonds. The number of anilines is 1. The first-order valence-corrected chi connectivity index (χ1v) is 9.33. The highest BCUT2D eigenvalue weighted by molar-refractivity contribution is 7.91. The second-order valence-electron chi connectivity index (χ2n) is 5.99. The molecule has 0 radical (unpaired) electrons. The van der Waals surface area contributed by atoms with Crippen LogP contribution in [0.3, 0.4) is 0 Å². The zero-order valence-electron chi connectivity index (χ0n) is 12.3. The molecule has 3 heterocycles. The molecule has 6 nitrogen and oxygen atoms in total. The number of aldehydes is 1. The predicted octanol–water partition coefficient (Wildman–Crippen LogP) is 1.35. The highest BCUT2D eigenvalue weighted by Gasteiger charge is 2.33. The van der Waals surface area contributed by atoms with Gasteiger partial charge >= 0.3 is 0 Å². The summed E-state index contributed by atoms with van der Waals surface area (Å²) in [5, 5.41) is 4.48. The lowest BCUT2D eigenvalue weighted by Gasteiger charge is -2.30. The molecular formula is C14H21N3O3S. The fraction of sp³-hybridized carbons (Fsp3) is 0.714. The van der Waals surface area contributed by atoms with Gasteiger partial charge in [-0.05, 0) is 32.6 Å². The SMILES string of the molecule is Cc1nn([C@@H]2CCS(=O)(=O)C2)c(N2CCCCC2)c1C=O. The van der Waals surface area contributed by atoms with Crippen LogP contribution in [0.15, 0.2) is 0 Å². The van der Waals surface area contributed by atoms with Crippen LogP contribution in [0.1, 0.15) is 47.8 Å². The monoisotopic (exact) mass is 311 g/mol. The van der Waals surface area contributed by atoms with Gasteiger partial charge in [0.2, 0.25) is 0 Å². The maximum absolute atomic E-state index is 11.7. The lowest BCUT2D eigenvalue weighted by molar-refractivity contribution is 0.112. The molecule has 0 saturated carbocycles. The molecule has 0 aromatic carbocycles. The summed E-state index contributed by atoms with van der Waals surface area (Å²) in [6.45, 7) is 3.63. The van der Waals surface area contributed by atoms with E-state index >= 15 is 0 Å². The minimum absolute atomic E-state index is 0.132. The molecule has 1 atom stereocenters. The van der Waals surface area contributed by atoms with Gasteiger partial charge in [-0.2, -0.15) is 5.10 Å². The van der Waals surface area contributed by atoms with Crippen molar-refractivity contribution in [2.45, 2.75) is 38.6 Å². The van der Waals surface area contributed by atoms with Crippen LogP contribution in [0.5, 0.6) is 0 Å². The lowest BCUT2D eigenvalue weighted by atomic mass is 10.1. The highest BCUT2D eigenvalue weighted by Crippen LogP contribution is 2.32. The zero-order valence-corrected chi connectivity index (χ0v) is 13.1. The summed E-state index contributed by atoms with van der Waals surface area (Å²) in [5.74, 6) is 1.17. The number of carbonyl (C=O) groups excluding carboxylic acids is 1. The van der Waals surface area contributed by atoms with Gasteiger partial charge in [0, 0.05) is 13.1 Å². The van der Waals surface area contributed by atoms with Crippen molar-refractivity contribution in [1.82, 2.24) is 9.78 Å². The van der Waals surface area contributed by atoms with E-state index < -0.39 is 9.84 Å². The Balaban J connectivity index is 2.01. The quantitative estimate of drug-likeness (QED) is 0.788. The third-order valence-electron chi connectivity index (χ3n) is 4.43. The predicted molar refractivity (Wildman–Crippen MR) is 80.7 cm³/mol. The summed E-state index contributed by atoms with van der Waals surface area (Å²) >= 11 is 0. The van der Waals surface area contributed by atoms with Gasteiger partial charge in [-0.25, -0.2) is 13.1 Å². The Morgan fingerprint density at radius 1 is 1.24 bits per heavy atom.